The van der Waals surface area contributed by atoms with Crippen LogP contribution in [0.15, 0.2) is 5.11 Å². The van der Waals surface area contributed by atoms with Crippen molar-refractivity contribution >= 4 is 11.9 Å². The summed E-state index contributed by atoms with van der Waals surface area (Å²) in [5, 5.41) is 3.66. The van der Waals surface area contributed by atoms with Crippen LogP contribution in [0.2, 0.25) is 0 Å². The van der Waals surface area contributed by atoms with E-state index < -0.39 is 11.6 Å². The number of rotatable bonds is 6. The van der Waals surface area contributed by atoms with Gasteiger partial charge in [-0.2, -0.15) is 0 Å². The summed E-state index contributed by atoms with van der Waals surface area (Å²) in [6, 6.07) is 0. The van der Waals surface area contributed by atoms with E-state index in [1.807, 2.05) is 0 Å². The molecule has 1 rings (SSSR count). The smallest absolute Gasteiger partial charge is 0.311 e. The second-order valence-electron chi connectivity index (χ2n) is 5.18. The van der Waals surface area contributed by atoms with Gasteiger partial charge in [-0.05, 0) is 39.1 Å². The number of carbonyl (C=O) groups excluding carboxylic acids is 2. The van der Waals surface area contributed by atoms with Crippen molar-refractivity contribution in [2.45, 2.75) is 46.2 Å². The quantitative estimate of drug-likeness (QED) is 0.320. The molecule has 1 aliphatic heterocycles. The Kier molecular flexibility index (Phi) is 5.18. The van der Waals surface area contributed by atoms with Crippen LogP contribution in [0.4, 0.5) is 0 Å². The van der Waals surface area contributed by atoms with Crippen LogP contribution < -0.4 is 0 Å². The minimum Gasteiger partial charge on any atom is -0.466 e. The fourth-order valence-electron chi connectivity index (χ4n) is 2.12. The number of hydrogen-bond donors (Lipinski definition) is 0. The molecule has 19 heavy (non-hydrogen) atoms. The van der Waals surface area contributed by atoms with Crippen LogP contribution in [0.1, 0.15) is 40.0 Å². The Labute approximate surface area is 112 Å². The summed E-state index contributed by atoms with van der Waals surface area (Å²) in [6.07, 6.45) is 0.870. The molecule has 7 nitrogen and oxygen atoms in total. The lowest BCUT2D eigenvalue weighted by atomic mass is 9.87. The van der Waals surface area contributed by atoms with E-state index in [2.05, 4.69) is 10.0 Å². The van der Waals surface area contributed by atoms with E-state index in [4.69, 9.17) is 10.3 Å². The second-order valence-corrected chi connectivity index (χ2v) is 5.18. The molecule has 1 heterocycles. The lowest BCUT2D eigenvalue weighted by molar-refractivity contribution is -0.155. The number of likely N-dealkylation sites (tertiary alicyclic amines) is 1. The number of azide groups is 1. The number of nitrogens with zero attached hydrogens (tertiary/aromatic N) is 4. The molecule has 0 aliphatic carbocycles. The molecule has 0 aromatic heterocycles. The molecular weight excluding hydrogens is 248 g/mol. The predicted molar refractivity (Wildman–Crippen MR) is 68.9 cm³/mol. The van der Waals surface area contributed by atoms with Gasteiger partial charge in [0.25, 0.3) is 0 Å². The number of hydrogen-bond acceptors (Lipinski definition) is 4. The average molecular weight is 268 g/mol. The third-order valence-electron chi connectivity index (χ3n) is 3.18. The van der Waals surface area contributed by atoms with Gasteiger partial charge in [-0.1, -0.05) is 5.11 Å². The largest absolute Gasteiger partial charge is 0.466 e. The standard InChI is InChI=1S/C12H20N4O3/c1-4-19-11(18)12(2,3)8-9(14-15-13)16-7-5-6-10(16)17/h9H,4-8H2,1-3H3. The third-order valence-corrected chi connectivity index (χ3v) is 3.18. The molecule has 1 amide bonds. The molecule has 1 fully saturated rings. The van der Waals surface area contributed by atoms with Gasteiger partial charge in [-0.25, -0.2) is 0 Å². The van der Waals surface area contributed by atoms with Gasteiger partial charge in [0, 0.05) is 17.9 Å². The molecule has 1 atom stereocenters. The number of amides is 1. The van der Waals surface area contributed by atoms with E-state index in [-0.39, 0.29) is 18.3 Å². The molecule has 1 saturated heterocycles. The van der Waals surface area contributed by atoms with Crippen LogP contribution in [-0.4, -0.2) is 36.1 Å². The fourth-order valence-corrected chi connectivity index (χ4v) is 2.12. The summed E-state index contributed by atoms with van der Waals surface area (Å²) in [4.78, 5) is 27.9. The lowest BCUT2D eigenvalue weighted by Crippen LogP contribution is -2.40. The highest BCUT2D eigenvalue weighted by atomic mass is 16.5. The highest BCUT2D eigenvalue weighted by Gasteiger charge is 2.36. The highest BCUT2D eigenvalue weighted by Crippen LogP contribution is 2.29. The van der Waals surface area contributed by atoms with Gasteiger partial charge in [0.15, 0.2) is 0 Å². The van der Waals surface area contributed by atoms with E-state index in [0.717, 1.165) is 6.42 Å². The molecule has 0 N–H and O–H groups in total. The second kappa shape index (κ2) is 6.43. The number of carbonyl (C=O) groups is 2. The molecule has 7 heteroatoms. The first kappa shape index (κ1) is 15.3. The first-order chi connectivity index (χ1) is 8.92. The topological polar surface area (TPSA) is 95.4 Å². The fraction of sp³-hybridized carbons (Fsp3) is 0.833. The Bertz CT molecular complexity index is 402. The maximum atomic E-state index is 11.8. The Morgan fingerprint density at radius 3 is 2.79 bits per heavy atom. The lowest BCUT2D eigenvalue weighted by Gasteiger charge is -2.30. The van der Waals surface area contributed by atoms with E-state index in [0.29, 0.717) is 19.6 Å². The van der Waals surface area contributed by atoms with E-state index >= 15 is 0 Å². The van der Waals surface area contributed by atoms with E-state index in [1.165, 1.54) is 0 Å². The van der Waals surface area contributed by atoms with Gasteiger partial charge in [0.1, 0.15) is 6.17 Å². The molecular formula is C12H20N4O3. The van der Waals surface area contributed by atoms with Crippen LogP contribution in [0.25, 0.3) is 10.4 Å². The Morgan fingerprint density at radius 2 is 2.32 bits per heavy atom. The Morgan fingerprint density at radius 1 is 1.63 bits per heavy atom. The predicted octanol–water partition coefficient (Wildman–Crippen LogP) is 2.22. The summed E-state index contributed by atoms with van der Waals surface area (Å²) in [5.41, 5.74) is 7.83. The van der Waals surface area contributed by atoms with Gasteiger partial charge in [-0.15, -0.1) is 0 Å². The van der Waals surface area contributed by atoms with Gasteiger partial charge >= 0.3 is 5.97 Å². The van der Waals surface area contributed by atoms with Crippen LogP contribution in [0, 0.1) is 5.41 Å². The van der Waals surface area contributed by atoms with Crippen LogP contribution >= 0.6 is 0 Å². The SMILES string of the molecule is CCOC(=O)C(C)(C)CC(N=[N+]=[N-])N1CCCC1=O. The molecule has 0 aromatic rings. The van der Waals surface area contributed by atoms with Gasteiger partial charge in [-0.3, -0.25) is 9.59 Å². The summed E-state index contributed by atoms with van der Waals surface area (Å²) >= 11 is 0. The van der Waals surface area contributed by atoms with Crippen molar-refractivity contribution < 1.29 is 14.3 Å². The molecule has 0 spiro atoms. The summed E-state index contributed by atoms with van der Waals surface area (Å²) in [6.45, 7) is 6.07. The monoisotopic (exact) mass is 268 g/mol. The van der Waals surface area contributed by atoms with E-state index in [9.17, 15) is 9.59 Å². The normalized spacial score (nSPS) is 17.0. The van der Waals surface area contributed by atoms with Gasteiger partial charge in [0.2, 0.25) is 5.91 Å². The van der Waals surface area contributed by atoms with Gasteiger partial charge < -0.3 is 9.64 Å². The molecule has 0 aromatic carbocycles. The zero-order chi connectivity index (χ0) is 14.5. The first-order valence-corrected chi connectivity index (χ1v) is 6.43. The molecule has 0 bridgehead atoms. The van der Waals surface area contributed by atoms with E-state index in [1.54, 1.807) is 25.7 Å². The van der Waals surface area contributed by atoms with Crippen LogP contribution in [0.3, 0.4) is 0 Å². The highest BCUT2D eigenvalue weighted by molar-refractivity contribution is 5.79. The van der Waals surface area contributed by atoms with Crippen molar-refractivity contribution in [2.75, 3.05) is 13.2 Å². The molecule has 0 saturated carbocycles. The van der Waals surface area contributed by atoms with Crippen molar-refractivity contribution in [3.05, 3.63) is 10.4 Å². The van der Waals surface area contributed by atoms with Crippen molar-refractivity contribution in [2.24, 2.45) is 10.5 Å². The van der Waals surface area contributed by atoms with Crippen molar-refractivity contribution in [1.29, 1.82) is 0 Å². The van der Waals surface area contributed by atoms with Crippen LogP contribution in [0.5, 0.6) is 0 Å². The number of ether oxygens (including phenoxy) is 1. The summed E-state index contributed by atoms with van der Waals surface area (Å²) < 4.78 is 5.00. The van der Waals surface area contributed by atoms with Crippen molar-refractivity contribution in [3.63, 3.8) is 0 Å². The maximum Gasteiger partial charge on any atom is 0.311 e. The Hall–Kier alpha value is -1.75. The zero-order valence-corrected chi connectivity index (χ0v) is 11.6. The summed E-state index contributed by atoms with van der Waals surface area (Å²) in [5.74, 6) is -0.378. The maximum absolute atomic E-state index is 11.8. The first-order valence-electron chi connectivity index (χ1n) is 6.43. The third kappa shape index (κ3) is 3.86. The molecule has 106 valence electrons. The van der Waals surface area contributed by atoms with Crippen LogP contribution in [-0.2, 0) is 14.3 Å². The van der Waals surface area contributed by atoms with Crippen molar-refractivity contribution in [1.82, 2.24) is 4.90 Å². The van der Waals surface area contributed by atoms with Crippen molar-refractivity contribution in [3.8, 4) is 0 Å². The average Bonchev–Trinajstić information content (AvgIpc) is 2.75. The Balaban J connectivity index is 2.80. The molecule has 1 unspecified atom stereocenters. The molecule has 0 radical (unpaired) electrons. The molecule has 1 aliphatic rings. The number of esters is 1. The summed E-state index contributed by atoms with van der Waals surface area (Å²) in [7, 11) is 0. The minimum atomic E-state index is -0.794. The van der Waals surface area contributed by atoms with Gasteiger partial charge in [0.05, 0.1) is 12.0 Å². The minimum absolute atomic E-state index is 0.0305. The zero-order valence-electron chi connectivity index (χ0n) is 11.6.